The van der Waals surface area contributed by atoms with E-state index in [1.807, 2.05) is 54.6 Å². The van der Waals surface area contributed by atoms with E-state index in [1.54, 1.807) is 19.2 Å². The van der Waals surface area contributed by atoms with E-state index in [9.17, 15) is 14.7 Å². The van der Waals surface area contributed by atoms with Gasteiger partial charge in [-0.05, 0) is 40.3 Å². The van der Waals surface area contributed by atoms with Crippen LogP contribution in [-0.4, -0.2) is 35.2 Å². The fraction of sp³-hybridized carbons (Fsp3) is 0.214. The second-order valence-corrected chi connectivity index (χ2v) is 8.13. The van der Waals surface area contributed by atoms with Crippen molar-refractivity contribution in [1.82, 2.24) is 4.90 Å². The number of aliphatic carboxylic acids is 1. The number of hydrogen-bond acceptors (Lipinski definition) is 3. The molecule has 1 aliphatic carbocycles. The first-order chi connectivity index (χ1) is 16.1. The molecule has 0 aliphatic heterocycles. The highest BCUT2D eigenvalue weighted by molar-refractivity contribution is 5.79. The Morgan fingerprint density at radius 2 is 1.52 bits per heavy atom. The molecular weight excluding hydrogens is 414 g/mol. The Bertz CT molecular complexity index is 1110. The Balaban J connectivity index is 1.53. The summed E-state index contributed by atoms with van der Waals surface area (Å²) in [4.78, 5) is 26.0. The van der Waals surface area contributed by atoms with Crippen LogP contribution in [0.3, 0.4) is 0 Å². The van der Waals surface area contributed by atoms with E-state index in [2.05, 4.69) is 24.3 Å². The molecule has 0 spiro atoms. The molecule has 0 heterocycles. The Labute approximate surface area is 193 Å². The molecule has 1 unspecified atom stereocenters. The third-order valence-electron chi connectivity index (χ3n) is 6.08. The predicted octanol–water partition coefficient (Wildman–Crippen LogP) is 6.02. The number of carbonyl (C=O) groups is 2. The molecule has 1 atom stereocenters. The van der Waals surface area contributed by atoms with E-state index in [4.69, 9.17) is 4.74 Å². The van der Waals surface area contributed by atoms with E-state index < -0.39 is 18.0 Å². The summed E-state index contributed by atoms with van der Waals surface area (Å²) in [6.07, 6.45) is 3.26. The average Bonchev–Trinajstić information content (AvgIpc) is 3.17. The van der Waals surface area contributed by atoms with E-state index in [-0.39, 0.29) is 19.1 Å². The van der Waals surface area contributed by atoms with Crippen molar-refractivity contribution >= 4 is 18.1 Å². The highest BCUT2D eigenvalue weighted by Crippen LogP contribution is 2.44. The summed E-state index contributed by atoms with van der Waals surface area (Å²) in [5, 5.41) is 9.51. The normalized spacial score (nSPS) is 13.4. The number of hydrogen-bond donors (Lipinski definition) is 1. The van der Waals surface area contributed by atoms with Crippen LogP contribution in [0.4, 0.5) is 4.79 Å². The summed E-state index contributed by atoms with van der Waals surface area (Å²) < 4.78 is 5.76. The van der Waals surface area contributed by atoms with Gasteiger partial charge in [0, 0.05) is 18.7 Å². The molecule has 0 fully saturated rings. The Morgan fingerprint density at radius 1 is 0.939 bits per heavy atom. The maximum absolute atomic E-state index is 13.1. The van der Waals surface area contributed by atoms with Gasteiger partial charge < -0.3 is 9.84 Å². The number of rotatable bonds is 8. The molecule has 4 rings (SSSR count). The highest BCUT2D eigenvalue weighted by atomic mass is 16.6. The second kappa shape index (κ2) is 10.2. The zero-order valence-corrected chi connectivity index (χ0v) is 18.6. The lowest BCUT2D eigenvalue weighted by molar-refractivity contribution is -0.142. The van der Waals surface area contributed by atoms with Crippen LogP contribution < -0.4 is 0 Å². The molecule has 5 heteroatoms. The van der Waals surface area contributed by atoms with Crippen LogP contribution >= 0.6 is 0 Å². The van der Waals surface area contributed by atoms with Crippen LogP contribution in [0.15, 0.2) is 85.1 Å². The Morgan fingerprint density at radius 3 is 2.09 bits per heavy atom. The zero-order chi connectivity index (χ0) is 23.2. The van der Waals surface area contributed by atoms with Gasteiger partial charge in [0.05, 0.1) is 5.92 Å². The van der Waals surface area contributed by atoms with Crippen LogP contribution in [-0.2, 0) is 9.53 Å². The van der Waals surface area contributed by atoms with Gasteiger partial charge in [-0.15, -0.1) is 0 Å². The van der Waals surface area contributed by atoms with Gasteiger partial charge in [0.2, 0.25) is 0 Å². The molecule has 0 bridgehead atoms. The van der Waals surface area contributed by atoms with Crippen LogP contribution in [0, 0.1) is 5.92 Å². The molecule has 3 aromatic carbocycles. The summed E-state index contributed by atoms with van der Waals surface area (Å²) >= 11 is 0. The van der Waals surface area contributed by atoms with Gasteiger partial charge in [-0.25, -0.2) is 4.79 Å². The Hall–Kier alpha value is -3.86. The molecule has 1 N–H and O–H groups in total. The third kappa shape index (κ3) is 4.98. The number of carboxylic acid groups (broad SMARTS) is 1. The van der Waals surface area contributed by atoms with E-state index >= 15 is 0 Å². The molecular formula is C28H27NO4. The van der Waals surface area contributed by atoms with Crippen molar-refractivity contribution in [2.75, 3.05) is 13.2 Å². The number of fused-ring (bicyclic) bond motifs is 3. The molecule has 3 aromatic rings. The minimum atomic E-state index is -0.929. The molecule has 0 aromatic heterocycles. The van der Waals surface area contributed by atoms with Crippen molar-refractivity contribution in [3.8, 4) is 11.1 Å². The van der Waals surface area contributed by atoms with Crippen molar-refractivity contribution in [2.24, 2.45) is 5.92 Å². The van der Waals surface area contributed by atoms with E-state index in [0.717, 1.165) is 27.8 Å². The molecule has 33 heavy (non-hydrogen) atoms. The van der Waals surface area contributed by atoms with Crippen LogP contribution in [0.1, 0.15) is 36.0 Å². The van der Waals surface area contributed by atoms with Crippen molar-refractivity contribution in [3.63, 3.8) is 0 Å². The van der Waals surface area contributed by atoms with Crippen LogP contribution in [0.5, 0.6) is 0 Å². The minimum absolute atomic E-state index is 0.0475. The minimum Gasteiger partial charge on any atom is -0.481 e. The van der Waals surface area contributed by atoms with Gasteiger partial charge in [-0.2, -0.15) is 0 Å². The first-order valence-electron chi connectivity index (χ1n) is 11.2. The summed E-state index contributed by atoms with van der Waals surface area (Å²) in [5.41, 5.74) is 5.50. The number of amides is 1. The van der Waals surface area contributed by atoms with Gasteiger partial charge in [0.15, 0.2) is 0 Å². The van der Waals surface area contributed by atoms with Crippen molar-refractivity contribution in [3.05, 3.63) is 102 Å². The average molecular weight is 442 g/mol. The second-order valence-electron chi connectivity index (χ2n) is 8.13. The third-order valence-corrected chi connectivity index (χ3v) is 6.08. The number of ether oxygens (including phenoxy) is 1. The van der Waals surface area contributed by atoms with Gasteiger partial charge in [0.1, 0.15) is 6.61 Å². The van der Waals surface area contributed by atoms with Gasteiger partial charge in [0.25, 0.3) is 0 Å². The molecule has 168 valence electrons. The van der Waals surface area contributed by atoms with E-state index in [0.29, 0.717) is 6.42 Å². The lowest BCUT2D eigenvalue weighted by atomic mass is 9.98. The van der Waals surface area contributed by atoms with Crippen LogP contribution in [0.25, 0.3) is 17.2 Å². The lowest BCUT2D eigenvalue weighted by Crippen LogP contribution is -2.35. The summed E-state index contributed by atoms with van der Waals surface area (Å²) in [7, 11) is 0. The van der Waals surface area contributed by atoms with E-state index in [1.165, 1.54) is 4.90 Å². The van der Waals surface area contributed by atoms with Crippen LogP contribution in [0.2, 0.25) is 0 Å². The topological polar surface area (TPSA) is 66.8 Å². The quantitative estimate of drug-likeness (QED) is 0.464. The fourth-order valence-electron chi connectivity index (χ4n) is 4.23. The molecule has 0 radical (unpaired) electrons. The molecule has 0 saturated heterocycles. The number of nitrogens with zero attached hydrogens (tertiary/aromatic N) is 1. The lowest BCUT2D eigenvalue weighted by Gasteiger charge is -2.23. The zero-order valence-electron chi connectivity index (χ0n) is 18.6. The summed E-state index contributed by atoms with van der Waals surface area (Å²) in [6.45, 7) is 2.04. The molecule has 0 saturated carbocycles. The standard InChI is InChI=1S/C28H27NO4/c1-2-21(27(30)31)18-29(17-16-20-10-4-3-5-11-20)28(32)33-19-26-24-14-8-6-12-22(24)23-13-7-9-15-25(23)26/h3-17,21,26H,2,18-19H2,1H3,(H,30,31)/b17-16+. The van der Waals surface area contributed by atoms with Crippen molar-refractivity contribution in [2.45, 2.75) is 19.3 Å². The first-order valence-corrected chi connectivity index (χ1v) is 11.2. The summed E-state index contributed by atoms with van der Waals surface area (Å²) in [6, 6.07) is 25.9. The van der Waals surface area contributed by atoms with Crippen molar-refractivity contribution in [1.29, 1.82) is 0 Å². The Kier molecular flexibility index (Phi) is 6.89. The molecule has 1 amide bonds. The smallest absolute Gasteiger partial charge is 0.413 e. The molecule has 5 nitrogen and oxygen atoms in total. The fourth-order valence-corrected chi connectivity index (χ4v) is 4.23. The van der Waals surface area contributed by atoms with Gasteiger partial charge >= 0.3 is 12.1 Å². The molecule has 1 aliphatic rings. The highest BCUT2D eigenvalue weighted by Gasteiger charge is 2.30. The maximum Gasteiger partial charge on any atom is 0.413 e. The van der Waals surface area contributed by atoms with Crippen molar-refractivity contribution < 1.29 is 19.4 Å². The SMILES string of the molecule is CCC(CN(/C=C/c1ccccc1)C(=O)OCC1c2ccccc2-c2ccccc21)C(=O)O. The first kappa shape index (κ1) is 22.3. The predicted molar refractivity (Wildman–Crippen MR) is 129 cm³/mol. The summed E-state index contributed by atoms with van der Waals surface area (Å²) in [5.74, 6) is -1.66. The van der Waals surface area contributed by atoms with Gasteiger partial charge in [-0.3, -0.25) is 9.69 Å². The number of carboxylic acids is 1. The largest absolute Gasteiger partial charge is 0.481 e. The van der Waals surface area contributed by atoms with Gasteiger partial charge in [-0.1, -0.05) is 85.8 Å². The monoisotopic (exact) mass is 441 g/mol. The number of benzene rings is 3. The maximum atomic E-state index is 13.1. The number of carbonyl (C=O) groups excluding carboxylic acids is 1.